The number of aryl methyl sites for hydroxylation is 2. The van der Waals surface area contributed by atoms with E-state index in [0.29, 0.717) is 35.4 Å². The fourth-order valence-corrected chi connectivity index (χ4v) is 3.55. The van der Waals surface area contributed by atoms with Crippen molar-refractivity contribution >= 4 is 16.9 Å². The van der Waals surface area contributed by atoms with Crippen molar-refractivity contribution in [2.24, 2.45) is 7.05 Å². The molecule has 0 aliphatic carbocycles. The van der Waals surface area contributed by atoms with Gasteiger partial charge in [-0.1, -0.05) is 17.7 Å². The van der Waals surface area contributed by atoms with E-state index in [9.17, 15) is 14.4 Å². The number of H-pyrrole nitrogens is 1. The summed E-state index contributed by atoms with van der Waals surface area (Å²) in [7, 11) is 1.71. The van der Waals surface area contributed by atoms with E-state index in [1.54, 1.807) is 34.8 Å². The summed E-state index contributed by atoms with van der Waals surface area (Å²) in [5.41, 5.74) is 1.54. The number of likely N-dealkylation sites (tertiary alicyclic amines) is 1. The van der Waals surface area contributed by atoms with Gasteiger partial charge in [-0.3, -0.25) is 9.59 Å². The Kier molecular flexibility index (Phi) is 3.79. The molecule has 1 saturated heterocycles. The molecule has 0 bridgehead atoms. The number of fused-ring (bicyclic) bond motifs is 1. The number of nitrogens with one attached hydrogen (secondary N) is 1. The third kappa shape index (κ3) is 2.47. The molecule has 3 heterocycles. The third-order valence-electron chi connectivity index (χ3n) is 4.94. The second kappa shape index (κ2) is 6.01. The lowest BCUT2D eigenvalue weighted by molar-refractivity contribution is 0.0794. The molecule has 1 amide bonds. The van der Waals surface area contributed by atoms with E-state index in [1.165, 1.54) is 0 Å². The Hall–Kier alpha value is -3.09. The molecule has 2 aromatic heterocycles. The lowest BCUT2D eigenvalue weighted by Gasteiger charge is -2.14. The van der Waals surface area contributed by atoms with Gasteiger partial charge < -0.3 is 14.5 Å². The van der Waals surface area contributed by atoms with Gasteiger partial charge in [-0.05, 0) is 31.9 Å². The minimum absolute atomic E-state index is 0.142. The van der Waals surface area contributed by atoms with Crippen molar-refractivity contribution in [1.82, 2.24) is 19.0 Å². The Morgan fingerprint density at radius 2 is 1.73 bits per heavy atom. The number of aromatic nitrogens is 3. The summed E-state index contributed by atoms with van der Waals surface area (Å²) in [6.07, 6.45) is 3.59. The van der Waals surface area contributed by atoms with E-state index in [1.807, 2.05) is 19.1 Å². The molecule has 0 spiro atoms. The maximum Gasteiger partial charge on any atom is 0.333 e. The molecule has 26 heavy (non-hydrogen) atoms. The van der Waals surface area contributed by atoms with Crippen LogP contribution in [0.5, 0.6) is 0 Å². The number of carbonyl (C=O) groups excluding carboxylic acids is 1. The standard InChI is InChI=1S/C19H20N4O3/c1-12-5-7-13(8-6-12)23-18(25)16-15(20-19(23)26)14(11-21(16)2)17(24)22-9-3-4-10-22/h5-8,11H,3-4,9-10H2,1-2H3,(H,20,26). The van der Waals surface area contributed by atoms with Gasteiger partial charge in [-0.15, -0.1) is 0 Å². The van der Waals surface area contributed by atoms with E-state index in [4.69, 9.17) is 0 Å². The molecule has 7 heteroatoms. The fraction of sp³-hybridized carbons (Fsp3) is 0.316. The Morgan fingerprint density at radius 1 is 1.08 bits per heavy atom. The zero-order valence-electron chi connectivity index (χ0n) is 14.8. The highest BCUT2D eigenvalue weighted by molar-refractivity contribution is 6.05. The van der Waals surface area contributed by atoms with Crippen LogP contribution in [0.4, 0.5) is 0 Å². The number of nitrogens with zero attached hydrogens (tertiary/aromatic N) is 3. The number of amides is 1. The SMILES string of the molecule is Cc1ccc(-n2c(=O)[nH]c3c(C(=O)N4CCCC4)cn(C)c3c2=O)cc1. The first-order valence-electron chi connectivity index (χ1n) is 8.68. The van der Waals surface area contributed by atoms with Crippen LogP contribution in [0.1, 0.15) is 28.8 Å². The number of hydrogen-bond donors (Lipinski definition) is 1. The minimum Gasteiger partial charge on any atom is -0.344 e. The summed E-state index contributed by atoms with van der Waals surface area (Å²) < 4.78 is 2.72. The predicted octanol–water partition coefficient (Wildman–Crippen LogP) is 1.56. The van der Waals surface area contributed by atoms with Crippen molar-refractivity contribution in [3.63, 3.8) is 0 Å². The highest BCUT2D eigenvalue weighted by atomic mass is 16.2. The molecule has 3 aromatic rings. The summed E-state index contributed by atoms with van der Waals surface area (Å²) in [4.78, 5) is 42.9. The van der Waals surface area contributed by atoms with Crippen molar-refractivity contribution < 1.29 is 4.79 Å². The number of carbonyl (C=O) groups is 1. The van der Waals surface area contributed by atoms with Crippen LogP contribution in [0, 0.1) is 6.92 Å². The van der Waals surface area contributed by atoms with E-state index in [2.05, 4.69) is 4.98 Å². The zero-order chi connectivity index (χ0) is 18.4. The summed E-state index contributed by atoms with van der Waals surface area (Å²) in [6.45, 7) is 3.35. The van der Waals surface area contributed by atoms with Crippen LogP contribution in [0.25, 0.3) is 16.7 Å². The minimum atomic E-state index is -0.548. The van der Waals surface area contributed by atoms with Gasteiger partial charge in [0.25, 0.3) is 11.5 Å². The van der Waals surface area contributed by atoms with Gasteiger partial charge in [-0.25, -0.2) is 9.36 Å². The lowest BCUT2D eigenvalue weighted by atomic mass is 10.2. The second-order valence-corrected chi connectivity index (χ2v) is 6.78. The Balaban J connectivity index is 1.93. The molecular formula is C19H20N4O3. The first kappa shape index (κ1) is 16.4. The van der Waals surface area contributed by atoms with Crippen LogP contribution in [0.15, 0.2) is 40.1 Å². The van der Waals surface area contributed by atoms with Crippen molar-refractivity contribution in [2.75, 3.05) is 13.1 Å². The molecule has 0 atom stereocenters. The van der Waals surface area contributed by atoms with Crippen LogP contribution in [0.2, 0.25) is 0 Å². The Labute approximate surface area is 149 Å². The Bertz CT molecular complexity index is 1110. The molecule has 7 nitrogen and oxygen atoms in total. The maximum atomic E-state index is 13.0. The molecule has 0 radical (unpaired) electrons. The van der Waals surface area contributed by atoms with Crippen molar-refractivity contribution in [3.05, 3.63) is 62.4 Å². The van der Waals surface area contributed by atoms with Crippen LogP contribution in [-0.2, 0) is 7.05 Å². The van der Waals surface area contributed by atoms with Crippen molar-refractivity contribution in [3.8, 4) is 5.69 Å². The average molecular weight is 352 g/mol. The van der Waals surface area contributed by atoms with E-state index < -0.39 is 11.2 Å². The fourth-order valence-electron chi connectivity index (χ4n) is 3.55. The smallest absolute Gasteiger partial charge is 0.333 e. The molecular weight excluding hydrogens is 332 g/mol. The van der Waals surface area contributed by atoms with Gasteiger partial charge in [0.2, 0.25) is 0 Å². The molecule has 4 rings (SSSR count). The van der Waals surface area contributed by atoms with Crippen LogP contribution >= 0.6 is 0 Å². The number of benzene rings is 1. The first-order chi connectivity index (χ1) is 12.5. The quantitative estimate of drug-likeness (QED) is 0.760. The maximum absolute atomic E-state index is 13.0. The average Bonchev–Trinajstić information content (AvgIpc) is 3.24. The summed E-state index contributed by atoms with van der Waals surface area (Å²) >= 11 is 0. The van der Waals surface area contributed by atoms with Crippen LogP contribution in [0.3, 0.4) is 0 Å². The summed E-state index contributed by atoms with van der Waals surface area (Å²) in [5, 5.41) is 0. The van der Waals surface area contributed by atoms with Gasteiger partial charge >= 0.3 is 5.69 Å². The second-order valence-electron chi connectivity index (χ2n) is 6.78. The molecule has 0 unspecified atom stereocenters. The molecule has 134 valence electrons. The normalized spacial score (nSPS) is 14.3. The van der Waals surface area contributed by atoms with Crippen molar-refractivity contribution in [1.29, 1.82) is 0 Å². The highest BCUT2D eigenvalue weighted by Gasteiger charge is 2.25. The van der Waals surface area contributed by atoms with Crippen LogP contribution < -0.4 is 11.2 Å². The molecule has 1 fully saturated rings. The molecule has 1 N–H and O–H groups in total. The molecule has 1 aromatic carbocycles. The van der Waals surface area contributed by atoms with Gasteiger partial charge in [0.15, 0.2) is 0 Å². The molecule has 1 aliphatic rings. The summed E-state index contributed by atoms with van der Waals surface area (Å²) in [5.74, 6) is -0.142. The summed E-state index contributed by atoms with van der Waals surface area (Å²) in [6, 6.07) is 7.16. The highest BCUT2D eigenvalue weighted by Crippen LogP contribution is 2.19. The zero-order valence-corrected chi connectivity index (χ0v) is 14.8. The molecule has 0 saturated carbocycles. The van der Waals surface area contributed by atoms with Gasteiger partial charge in [-0.2, -0.15) is 0 Å². The Morgan fingerprint density at radius 3 is 2.38 bits per heavy atom. The largest absolute Gasteiger partial charge is 0.344 e. The van der Waals surface area contributed by atoms with E-state index in [0.717, 1.165) is 23.0 Å². The predicted molar refractivity (Wildman–Crippen MR) is 99.0 cm³/mol. The molecule has 1 aliphatic heterocycles. The van der Waals surface area contributed by atoms with E-state index in [-0.39, 0.29) is 5.91 Å². The van der Waals surface area contributed by atoms with Gasteiger partial charge in [0.1, 0.15) is 5.52 Å². The monoisotopic (exact) mass is 352 g/mol. The number of aromatic amines is 1. The van der Waals surface area contributed by atoms with E-state index >= 15 is 0 Å². The topological polar surface area (TPSA) is 80.1 Å². The number of hydrogen-bond acceptors (Lipinski definition) is 3. The third-order valence-corrected chi connectivity index (χ3v) is 4.94. The lowest BCUT2D eigenvalue weighted by Crippen LogP contribution is -2.34. The van der Waals surface area contributed by atoms with Gasteiger partial charge in [0.05, 0.1) is 16.8 Å². The van der Waals surface area contributed by atoms with Crippen LogP contribution in [-0.4, -0.2) is 38.0 Å². The van der Waals surface area contributed by atoms with Gasteiger partial charge in [0, 0.05) is 26.3 Å². The number of rotatable bonds is 2. The first-order valence-corrected chi connectivity index (χ1v) is 8.68. The van der Waals surface area contributed by atoms with Crippen molar-refractivity contribution in [2.45, 2.75) is 19.8 Å².